The van der Waals surface area contributed by atoms with Gasteiger partial charge in [-0.1, -0.05) is 111 Å². The van der Waals surface area contributed by atoms with E-state index in [2.05, 4.69) is 49.8 Å². The number of carbonyl (C=O) groups excluding carboxylic acids is 8. The van der Waals surface area contributed by atoms with E-state index in [-0.39, 0.29) is 24.0 Å². The number of rotatable bonds is 29. The van der Waals surface area contributed by atoms with E-state index in [1.807, 2.05) is 12.1 Å². The van der Waals surface area contributed by atoms with Crippen molar-refractivity contribution in [1.82, 2.24) is 31.9 Å². The van der Waals surface area contributed by atoms with Crippen molar-refractivity contribution in [3.63, 3.8) is 0 Å². The topological polar surface area (TPSA) is 333 Å². The van der Waals surface area contributed by atoms with Gasteiger partial charge in [-0.05, 0) is 66.7 Å². The third kappa shape index (κ3) is 18.4. The summed E-state index contributed by atoms with van der Waals surface area (Å²) in [6.45, 7) is 1.03. The molecule has 2 fully saturated rings. The van der Waals surface area contributed by atoms with Crippen molar-refractivity contribution >= 4 is 83.4 Å². The normalized spacial score (nSPS) is 15.8. The monoisotopic (exact) mass is 1060 g/mol. The van der Waals surface area contributed by atoms with E-state index in [4.69, 9.17) is 0 Å². The van der Waals surface area contributed by atoms with Crippen molar-refractivity contribution < 1.29 is 68.1 Å². The number of carbonyl (C=O) groups is 11. The molecule has 402 valence electrons. The van der Waals surface area contributed by atoms with Crippen LogP contribution >= 0.6 is 12.6 Å². The number of anilines is 1. The number of thiol groups is 1. The molecule has 21 nitrogen and oxygen atoms in total. The van der Waals surface area contributed by atoms with Gasteiger partial charge in [0.05, 0.1) is 6.42 Å². The minimum Gasteiger partial charge on any atom is -0.481 e. The molecule has 0 unspecified atom stereocenters. The first-order chi connectivity index (χ1) is 35.8. The minimum atomic E-state index is -1.75. The van der Waals surface area contributed by atoms with Crippen LogP contribution in [0.15, 0.2) is 84.9 Å². The Balaban J connectivity index is 1.47. The first-order valence-electron chi connectivity index (χ1n) is 24.9. The zero-order valence-electron chi connectivity index (χ0n) is 41.5. The maximum absolute atomic E-state index is 15.0. The van der Waals surface area contributed by atoms with Crippen molar-refractivity contribution in [2.75, 3.05) is 11.1 Å². The van der Waals surface area contributed by atoms with Crippen LogP contribution in [-0.4, -0.2) is 122 Å². The van der Waals surface area contributed by atoms with Gasteiger partial charge >= 0.3 is 17.9 Å². The zero-order chi connectivity index (χ0) is 54.6. The van der Waals surface area contributed by atoms with E-state index in [1.54, 1.807) is 72.8 Å². The van der Waals surface area contributed by atoms with Crippen molar-refractivity contribution in [3.8, 4) is 0 Å². The van der Waals surface area contributed by atoms with Gasteiger partial charge < -0.3 is 52.5 Å². The van der Waals surface area contributed by atoms with Gasteiger partial charge in [-0.25, -0.2) is 0 Å². The number of para-hydroxylation sites is 1. The Morgan fingerprint density at radius 3 is 1.53 bits per heavy atom. The Hall–Kier alpha value is -7.62. The molecule has 0 aromatic heterocycles. The molecular weight excluding hydrogens is 991 g/mol. The average Bonchev–Trinajstić information content (AvgIpc) is 4.23. The van der Waals surface area contributed by atoms with Crippen molar-refractivity contribution in [1.29, 1.82) is 0 Å². The van der Waals surface area contributed by atoms with Gasteiger partial charge in [0, 0.05) is 37.1 Å². The molecule has 5 rings (SSSR count). The van der Waals surface area contributed by atoms with Crippen LogP contribution in [0.5, 0.6) is 0 Å². The van der Waals surface area contributed by atoms with E-state index in [1.165, 1.54) is 0 Å². The fourth-order valence-electron chi connectivity index (χ4n) is 9.12. The summed E-state index contributed by atoms with van der Waals surface area (Å²) in [5, 5.41) is 46.5. The van der Waals surface area contributed by atoms with Crippen molar-refractivity contribution in [2.24, 2.45) is 5.92 Å². The molecule has 22 heteroatoms. The lowest BCUT2D eigenvalue weighted by Gasteiger charge is -2.32. The number of aliphatic carboxylic acids is 3. The van der Waals surface area contributed by atoms with E-state index in [9.17, 15) is 63.3 Å². The number of Topliss-reactive ketones (excluding diaryl/α,β-unsaturated/α-hetero) is 1. The van der Waals surface area contributed by atoms with Crippen LogP contribution in [0, 0.1) is 5.92 Å². The second-order valence-electron chi connectivity index (χ2n) is 18.8. The van der Waals surface area contributed by atoms with Crippen LogP contribution in [0.1, 0.15) is 119 Å². The summed E-state index contributed by atoms with van der Waals surface area (Å²) in [6.07, 6.45) is 2.64. The lowest BCUT2D eigenvalue weighted by molar-refractivity contribution is -0.141. The van der Waals surface area contributed by atoms with Crippen molar-refractivity contribution in [2.45, 2.75) is 138 Å². The molecule has 10 N–H and O–H groups in total. The summed E-state index contributed by atoms with van der Waals surface area (Å²) < 4.78 is 0. The predicted octanol–water partition coefficient (Wildman–Crippen LogP) is 2.94. The number of amides is 7. The van der Waals surface area contributed by atoms with Gasteiger partial charge in [0.25, 0.3) is 5.91 Å². The summed E-state index contributed by atoms with van der Waals surface area (Å²) in [6, 6.07) is 14.1. The molecule has 0 heterocycles. The molecule has 0 aliphatic heterocycles. The number of benzene rings is 3. The second kappa shape index (κ2) is 28.7. The average molecular weight is 1060 g/mol. The fraction of sp³-hybridized carbons (Fsp3) is 0.453. The molecule has 3 aromatic rings. The van der Waals surface area contributed by atoms with Gasteiger partial charge in [0.1, 0.15) is 36.3 Å². The van der Waals surface area contributed by atoms with Crippen LogP contribution in [-0.2, 0) is 52.7 Å². The van der Waals surface area contributed by atoms with Gasteiger partial charge in [0.2, 0.25) is 41.2 Å². The Labute approximate surface area is 438 Å². The Morgan fingerprint density at radius 1 is 0.533 bits per heavy atom. The summed E-state index contributed by atoms with van der Waals surface area (Å²) in [5.41, 5.74) is 2.25. The molecule has 7 amide bonds. The van der Waals surface area contributed by atoms with Crippen LogP contribution in [0.4, 0.5) is 5.69 Å². The molecule has 0 bridgehead atoms. The van der Waals surface area contributed by atoms with Crippen LogP contribution in [0.2, 0.25) is 0 Å². The number of nitrogens with one attached hydrogen (secondary N) is 7. The van der Waals surface area contributed by atoms with Crippen molar-refractivity contribution in [3.05, 3.63) is 102 Å². The molecule has 2 aliphatic carbocycles. The van der Waals surface area contributed by atoms with E-state index >= 15 is 4.79 Å². The van der Waals surface area contributed by atoms with E-state index < -0.39 is 139 Å². The SMILES string of the molecule is CC(=O)N[C@@H](CC(=O)O)C(=O)N[C@@H](CCC(=O)O)C(=O)N[C@H](C(=O)N[C@@H](CCC(=O)O)C(=O)N[C@@H](CC1CCCCC1)C(=O)N[C@@H](CS)C(=O)C(=O)Nc1ccccc1C1CC1)C(c1ccccc1)c1ccccc1. The summed E-state index contributed by atoms with van der Waals surface area (Å²) in [4.78, 5) is 146. The van der Waals surface area contributed by atoms with Gasteiger partial charge in [-0.2, -0.15) is 12.6 Å². The Morgan fingerprint density at radius 2 is 1.01 bits per heavy atom. The van der Waals surface area contributed by atoms with Gasteiger partial charge in [-0.15, -0.1) is 0 Å². The summed E-state index contributed by atoms with van der Waals surface area (Å²) >= 11 is 4.27. The van der Waals surface area contributed by atoms with Gasteiger partial charge in [-0.3, -0.25) is 52.7 Å². The highest BCUT2D eigenvalue weighted by molar-refractivity contribution is 7.80. The molecule has 6 atom stereocenters. The Kier molecular flexibility index (Phi) is 22.3. The number of ketones is 1. The summed E-state index contributed by atoms with van der Waals surface area (Å²) in [7, 11) is 0. The first-order valence-corrected chi connectivity index (χ1v) is 25.6. The van der Waals surface area contributed by atoms with E-state index in [0.29, 0.717) is 29.7 Å². The maximum atomic E-state index is 15.0. The highest BCUT2D eigenvalue weighted by Gasteiger charge is 2.39. The number of carboxylic acids is 3. The van der Waals surface area contributed by atoms with Crippen LogP contribution in [0.3, 0.4) is 0 Å². The molecule has 0 spiro atoms. The summed E-state index contributed by atoms with van der Waals surface area (Å²) in [5.74, 6) is -13.3. The number of hydrogen-bond donors (Lipinski definition) is 11. The molecule has 2 aliphatic rings. The lowest BCUT2D eigenvalue weighted by atomic mass is 9.84. The molecule has 2 saturated carbocycles. The number of carboxylic acid groups (broad SMARTS) is 3. The molecule has 3 aromatic carbocycles. The molecule has 0 radical (unpaired) electrons. The smallest absolute Gasteiger partial charge is 0.305 e. The third-order valence-electron chi connectivity index (χ3n) is 13.1. The second-order valence-corrected chi connectivity index (χ2v) is 19.2. The maximum Gasteiger partial charge on any atom is 0.305 e. The number of hydrogen-bond acceptors (Lipinski definition) is 12. The molecular formula is C53H65N7O14S. The zero-order valence-corrected chi connectivity index (χ0v) is 42.4. The molecule has 0 saturated heterocycles. The first kappa shape index (κ1) is 58.3. The lowest BCUT2D eigenvalue weighted by Crippen LogP contribution is -2.61. The predicted molar refractivity (Wildman–Crippen MR) is 275 cm³/mol. The molecule has 75 heavy (non-hydrogen) atoms. The third-order valence-corrected chi connectivity index (χ3v) is 13.4. The highest BCUT2D eigenvalue weighted by atomic mass is 32.1. The minimum absolute atomic E-state index is 0.0708. The van der Waals surface area contributed by atoms with Crippen LogP contribution < -0.4 is 37.2 Å². The van der Waals surface area contributed by atoms with E-state index in [0.717, 1.165) is 44.6 Å². The fourth-order valence-corrected chi connectivity index (χ4v) is 9.38. The van der Waals surface area contributed by atoms with Gasteiger partial charge in [0.15, 0.2) is 0 Å². The largest absolute Gasteiger partial charge is 0.481 e. The quantitative estimate of drug-likeness (QED) is 0.0352. The van der Waals surface area contributed by atoms with Crippen LogP contribution in [0.25, 0.3) is 0 Å². The highest BCUT2D eigenvalue weighted by Crippen LogP contribution is 2.43. The standard InChI is InChI=1S/C53H65N7O14S/c1-30(61)54-40(28-44(66)67)51(72)56-38(24-26-43(64)65)49(70)60-46(45(33-15-7-3-8-16-33)34-17-9-4-10-18-34)52(73)57-37(23-25-42(62)63)48(69)58-39(27-31-13-5-2-6-14-31)50(71)59-41(29-75)47(68)53(74)55-36-20-12-11-19-35(36)32-21-22-32/h3-4,7-12,15-20,31-32,37-41,45-46,75H,2,5-6,13-14,21-29H2,1H3,(H,54,61)(H,55,74)(H,56,72)(H,57,73)(H,58,69)(H,59,71)(H,60,70)(H,62,63)(H,64,65)(H,66,67)/t37-,38-,39-,40-,41-,46-/m0/s1. The Bertz CT molecular complexity index is 2480.